The minimum Gasteiger partial charge on any atom is -0.356 e. The topological polar surface area (TPSA) is 70.6 Å². The van der Waals surface area contributed by atoms with Crippen LogP contribution < -0.4 is 10.6 Å². The van der Waals surface area contributed by atoms with Gasteiger partial charge in [-0.05, 0) is 35.2 Å². The first-order valence-corrected chi connectivity index (χ1v) is 12.2. The maximum atomic E-state index is 11.6. The largest absolute Gasteiger partial charge is 0.356 e. The summed E-state index contributed by atoms with van der Waals surface area (Å²) < 4.78 is 23.2. The van der Waals surface area contributed by atoms with E-state index in [4.69, 9.17) is 0 Å². The van der Waals surface area contributed by atoms with Crippen LogP contribution in [0.4, 0.5) is 0 Å². The molecule has 0 spiro atoms. The average molecular weight is 436 g/mol. The molecule has 0 amide bonds. The lowest BCUT2D eigenvalue weighted by atomic mass is 9.91. The van der Waals surface area contributed by atoms with Crippen LogP contribution in [0, 0.1) is 0 Å². The number of rotatable bonds is 8. The Hall–Kier alpha value is -3.12. The Morgan fingerprint density at radius 1 is 0.839 bits per heavy atom. The fourth-order valence-corrected chi connectivity index (χ4v) is 4.08. The Morgan fingerprint density at radius 2 is 1.39 bits per heavy atom. The highest BCUT2D eigenvalue weighted by Crippen LogP contribution is 2.23. The molecule has 0 heterocycles. The monoisotopic (exact) mass is 435 g/mol. The first-order chi connectivity index (χ1) is 15.0. The van der Waals surface area contributed by atoms with Crippen molar-refractivity contribution in [3.8, 4) is 0 Å². The van der Waals surface area contributed by atoms with Gasteiger partial charge in [-0.1, -0.05) is 72.8 Å². The quantitative estimate of drug-likeness (QED) is 0.419. The summed E-state index contributed by atoms with van der Waals surface area (Å²) in [6.45, 7) is 1.41. The van der Waals surface area contributed by atoms with Gasteiger partial charge in [0.15, 0.2) is 15.8 Å². The Bertz CT molecular complexity index is 1040. The molecule has 3 aromatic carbocycles. The van der Waals surface area contributed by atoms with Crippen molar-refractivity contribution < 1.29 is 8.42 Å². The number of nitrogens with zero attached hydrogens (tertiary/aromatic N) is 1. The van der Waals surface area contributed by atoms with Crippen molar-refractivity contribution in [2.45, 2.75) is 17.2 Å². The fraction of sp³-hybridized carbons (Fsp3) is 0.240. The van der Waals surface area contributed by atoms with Crippen molar-refractivity contribution in [1.29, 1.82) is 0 Å². The highest BCUT2D eigenvalue weighted by atomic mass is 32.2. The van der Waals surface area contributed by atoms with Crippen molar-refractivity contribution in [1.82, 2.24) is 10.6 Å². The maximum Gasteiger partial charge on any atom is 0.191 e. The zero-order valence-corrected chi connectivity index (χ0v) is 18.8. The molecule has 5 nitrogen and oxygen atoms in total. The summed E-state index contributed by atoms with van der Waals surface area (Å²) in [5, 5.41) is 6.78. The number of sulfone groups is 1. The molecule has 0 aromatic heterocycles. The normalized spacial score (nSPS) is 12.0. The molecule has 0 bridgehead atoms. The van der Waals surface area contributed by atoms with Crippen molar-refractivity contribution in [3.05, 3.63) is 102 Å². The molecule has 0 fully saturated rings. The Balaban J connectivity index is 1.57. The molecule has 0 saturated carbocycles. The molecule has 3 aromatic rings. The van der Waals surface area contributed by atoms with Crippen LogP contribution in [0.5, 0.6) is 0 Å². The first-order valence-electron chi connectivity index (χ1n) is 10.3. The second kappa shape index (κ2) is 10.8. The second-order valence-corrected chi connectivity index (χ2v) is 9.44. The van der Waals surface area contributed by atoms with E-state index in [9.17, 15) is 8.42 Å². The van der Waals surface area contributed by atoms with E-state index in [-0.39, 0.29) is 5.92 Å². The Kier molecular flexibility index (Phi) is 7.84. The molecule has 2 N–H and O–H groups in total. The van der Waals surface area contributed by atoms with Gasteiger partial charge in [-0.15, -0.1) is 0 Å². The molecule has 0 atom stereocenters. The number of aliphatic imine (C=N–C) groups is 1. The van der Waals surface area contributed by atoms with E-state index in [2.05, 4.69) is 64.2 Å². The van der Waals surface area contributed by atoms with E-state index in [0.717, 1.165) is 24.5 Å². The molecular formula is C25H29N3O2S. The van der Waals surface area contributed by atoms with Gasteiger partial charge in [-0.25, -0.2) is 8.42 Å². The molecular weight excluding hydrogens is 406 g/mol. The zero-order chi connectivity index (χ0) is 22.1. The fourth-order valence-electron chi connectivity index (χ4n) is 3.45. The van der Waals surface area contributed by atoms with Gasteiger partial charge >= 0.3 is 0 Å². The van der Waals surface area contributed by atoms with Gasteiger partial charge in [0.25, 0.3) is 0 Å². The van der Waals surface area contributed by atoms with Crippen LogP contribution >= 0.6 is 0 Å². The van der Waals surface area contributed by atoms with Crippen molar-refractivity contribution in [2.24, 2.45) is 4.99 Å². The molecule has 0 aliphatic carbocycles. The van der Waals surface area contributed by atoms with E-state index in [0.29, 0.717) is 11.4 Å². The van der Waals surface area contributed by atoms with Crippen LogP contribution in [0.2, 0.25) is 0 Å². The minimum atomic E-state index is -3.16. The lowest BCUT2D eigenvalue weighted by molar-refractivity contribution is 0.602. The van der Waals surface area contributed by atoms with Crippen LogP contribution in [0.15, 0.2) is 94.8 Å². The highest BCUT2D eigenvalue weighted by molar-refractivity contribution is 7.90. The number of hydrogen-bond donors (Lipinski definition) is 2. The molecule has 162 valence electrons. The summed E-state index contributed by atoms with van der Waals surface area (Å²) in [6, 6.07) is 27.9. The number of guanidine groups is 1. The van der Waals surface area contributed by atoms with Crippen molar-refractivity contribution in [2.75, 3.05) is 26.4 Å². The third-order valence-electron chi connectivity index (χ3n) is 5.16. The molecule has 0 aliphatic rings. The summed E-state index contributed by atoms with van der Waals surface area (Å²) in [7, 11) is -1.40. The standard InChI is InChI=1S/C25H29N3O2S/c1-26-25(27-18-17-20-13-15-23(16-14-20)31(2,29)30)28-19-24(21-9-5-3-6-10-21)22-11-7-4-8-12-22/h3-16,24H,17-19H2,1-2H3,(H2,26,27,28). The van der Waals surface area contributed by atoms with Gasteiger partial charge < -0.3 is 10.6 Å². The van der Waals surface area contributed by atoms with E-state index in [1.54, 1.807) is 19.2 Å². The zero-order valence-electron chi connectivity index (χ0n) is 18.0. The van der Waals surface area contributed by atoms with Gasteiger partial charge in [0.05, 0.1) is 4.90 Å². The Morgan fingerprint density at radius 3 is 1.87 bits per heavy atom. The lowest BCUT2D eigenvalue weighted by Gasteiger charge is -2.20. The van der Waals surface area contributed by atoms with Crippen LogP contribution in [-0.4, -0.2) is 40.8 Å². The maximum absolute atomic E-state index is 11.6. The Labute approximate surface area is 185 Å². The van der Waals surface area contributed by atoms with E-state index < -0.39 is 9.84 Å². The minimum absolute atomic E-state index is 0.212. The number of hydrogen-bond acceptors (Lipinski definition) is 3. The summed E-state index contributed by atoms with van der Waals surface area (Å²) in [6.07, 6.45) is 1.99. The third-order valence-corrected chi connectivity index (χ3v) is 6.29. The molecule has 3 rings (SSSR count). The van der Waals surface area contributed by atoms with Gasteiger partial charge in [0.1, 0.15) is 0 Å². The molecule has 0 radical (unpaired) electrons. The highest BCUT2D eigenvalue weighted by Gasteiger charge is 2.14. The lowest BCUT2D eigenvalue weighted by Crippen LogP contribution is -2.40. The smallest absolute Gasteiger partial charge is 0.191 e. The van der Waals surface area contributed by atoms with Crippen molar-refractivity contribution in [3.63, 3.8) is 0 Å². The van der Waals surface area contributed by atoms with Gasteiger partial charge in [0, 0.05) is 32.3 Å². The van der Waals surface area contributed by atoms with Gasteiger partial charge in [-0.3, -0.25) is 4.99 Å². The predicted octanol–water partition coefficient (Wildman–Crippen LogP) is 3.63. The van der Waals surface area contributed by atoms with Gasteiger partial charge in [0.2, 0.25) is 0 Å². The van der Waals surface area contributed by atoms with E-state index in [1.165, 1.54) is 17.4 Å². The van der Waals surface area contributed by atoms with Crippen LogP contribution in [-0.2, 0) is 16.3 Å². The van der Waals surface area contributed by atoms with Crippen LogP contribution in [0.3, 0.4) is 0 Å². The average Bonchev–Trinajstić information content (AvgIpc) is 2.79. The predicted molar refractivity (Wildman–Crippen MR) is 127 cm³/mol. The summed E-state index contributed by atoms with van der Waals surface area (Å²) in [4.78, 5) is 4.68. The summed E-state index contributed by atoms with van der Waals surface area (Å²) in [5.74, 6) is 0.953. The molecule has 31 heavy (non-hydrogen) atoms. The number of benzene rings is 3. The van der Waals surface area contributed by atoms with Gasteiger partial charge in [-0.2, -0.15) is 0 Å². The molecule has 0 saturated heterocycles. The molecule has 0 unspecified atom stereocenters. The summed E-state index contributed by atoms with van der Waals surface area (Å²) in [5.41, 5.74) is 3.58. The second-order valence-electron chi connectivity index (χ2n) is 7.42. The number of nitrogens with one attached hydrogen (secondary N) is 2. The molecule has 6 heteroatoms. The molecule has 0 aliphatic heterocycles. The van der Waals surface area contributed by atoms with Crippen LogP contribution in [0.25, 0.3) is 0 Å². The van der Waals surface area contributed by atoms with Crippen molar-refractivity contribution >= 4 is 15.8 Å². The van der Waals surface area contributed by atoms with E-state index >= 15 is 0 Å². The first kappa shape index (κ1) is 22.6. The van der Waals surface area contributed by atoms with Crippen LogP contribution in [0.1, 0.15) is 22.6 Å². The van der Waals surface area contributed by atoms with E-state index in [1.807, 2.05) is 24.3 Å². The third kappa shape index (κ3) is 6.69. The SMILES string of the molecule is CN=C(NCCc1ccc(S(C)(=O)=O)cc1)NCC(c1ccccc1)c1ccccc1. The summed E-state index contributed by atoms with van der Waals surface area (Å²) >= 11 is 0.